The standard InChI is InChI=1S/C31H32ClN3O2/c1-34(23-6-4-7-24(15-23)35(2)28-25(29(36)37-3)8-5-11-33-28)27-10-9-20(14-26(27)32)30-17-21-12-19-13-22(18-30)31(21,30)16-19/h4-11,14-15,19,21-22H,12-13,16-18H2,1-3H3. The van der Waals surface area contributed by atoms with Crippen molar-refractivity contribution in [1.29, 1.82) is 0 Å². The highest BCUT2D eigenvalue weighted by atomic mass is 35.5. The van der Waals surface area contributed by atoms with Crippen molar-refractivity contribution < 1.29 is 9.53 Å². The van der Waals surface area contributed by atoms with Gasteiger partial charge in [-0.15, -0.1) is 0 Å². The van der Waals surface area contributed by atoms with Gasteiger partial charge >= 0.3 is 5.97 Å². The van der Waals surface area contributed by atoms with Crippen LogP contribution in [0.5, 0.6) is 0 Å². The van der Waals surface area contributed by atoms with Gasteiger partial charge in [0.15, 0.2) is 0 Å². The summed E-state index contributed by atoms with van der Waals surface area (Å²) in [6, 6.07) is 18.5. The Hall–Kier alpha value is -3.05. The van der Waals surface area contributed by atoms with Crippen LogP contribution < -0.4 is 9.80 Å². The van der Waals surface area contributed by atoms with Crippen molar-refractivity contribution in [1.82, 2.24) is 4.98 Å². The minimum atomic E-state index is -0.407. The third kappa shape index (κ3) is 2.98. The van der Waals surface area contributed by atoms with Gasteiger partial charge in [-0.2, -0.15) is 0 Å². The fourth-order valence-electron chi connectivity index (χ4n) is 8.87. The molecule has 4 fully saturated rings. The lowest BCUT2D eigenvalue weighted by molar-refractivity contribution is -0.205. The van der Waals surface area contributed by atoms with Crippen LogP contribution in [-0.4, -0.2) is 32.2 Å². The Balaban J connectivity index is 1.16. The number of carbonyl (C=O) groups is 1. The summed E-state index contributed by atoms with van der Waals surface area (Å²) < 4.78 is 4.95. The molecule has 37 heavy (non-hydrogen) atoms. The summed E-state index contributed by atoms with van der Waals surface area (Å²) in [6.07, 6.45) is 8.80. The van der Waals surface area contributed by atoms with Gasteiger partial charge in [-0.25, -0.2) is 9.78 Å². The smallest absolute Gasteiger partial charge is 0.341 e. The summed E-state index contributed by atoms with van der Waals surface area (Å²) >= 11 is 6.98. The zero-order valence-corrected chi connectivity index (χ0v) is 22.3. The number of rotatable bonds is 6. The number of nitrogens with zero attached hydrogens (tertiary/aromatic N) is 3. The molecule has 0 N–H and O–H groups in total. The molecule has 190 valence electrons. The van der Waals surface area contributed by atoms with E-state index in [-0.39, 0.29) is 0 Å². The number of halogens is 1. The first-order valence-electron chi connectivity index (χ1n) is 13.3. The van der Waals surface area contributed by atoms with E-state index >= 15 is 0 Å². The summed E-state index contributed by atoms with van der Waals surface area (Å²) in [5.41, 5.74) is 5.79. The van der Waals surface area contributed by atoms with Gasteiger partial charge in [0.1, 0.15) is 11.4 Å². The van der Waals surface area contributed by atoms with E-state index in [1.807, 2.05) is 24.1 Å². The summed E-state index contributed by atoms with van der Waals surface area (Å²) in [5.74, 6) is 3.05. The molecular formula is C31H32ClN3O2. The maximum Gasteiger partial charge on any atom is 0.341 e. The molecule has 4 aliphatic rings. The molecule has 1 aromatic heterocycles. The van der Waals surface area contributed by atoms with E-state index in [1.54, 1.807) is 18.3 Å². The molecule has 1 heterocycles. The molecule has 2 aromatic carbocycles. The number of ether oxygens (including phenoxy) is 1. The molecule has 1 spiro atoms. The molecule has 0 radical (unpaired) electrons. The number of hydrogen-bond donors (Lipinski definition) is 0. The number of carbonyl (C=O) groups excluding carboxylic acids is 1. The molecule has 2 unspecified atom stereocenters. The third-order valence-electron chi connectivity index (χ3n) is 10.4. The first-order valence-corrected chi connectivity index (χ1v) is 13.7. The van der Waals surface area contributed by atoms with Crippen molar-refractivity contribution >= 4 is 40.5 Å². The SMILES string of the molecule is COC(=O)c1cccnc1N(C)c1cccc(N(C)c2ccc(C34CC5CC6CC(C3)C54C6)cc2Cl)c1. The number of methoxy groups -OCH3 is 1. The van der Waals surface area contributed by atoms with Crippen LogP contribution in [0.15, 0.2) is 60.8 Å². The van der Waals surface area contributed by atoms with Crippen LogP contribution in [-0.2, 0) is 10.2 Å². The average Bonchev–Trinajstić information content (AvgIpc) is 3.44. The molecule has 6 heteroatoms. The van der Waals surface area contributed by atoms with Gasteiger partial charge in [0.25, 0.3) is 0 Å². The predicted octanol–water partition coefficient (Wildman–Crippen LogP) is 7.14. The molecule has 0 aliphatic heterocycles. The van der Waals surface area contributed by atoms with Crippen molar-refractivity contribution in [2.45, 2.75) is 37.5 Å². The van der Waals surface area contributed by atoms with Crippen LogP contribution >= 0.6 is 11.6 Å². The summed E-state index contributed by atoms with van der Waals surface area (Å²) in [4.78, 5) is 20.8. The van der Waals surface area contributed by atoms with E-state index in [0.717, 1.165) is 39.8 Å². The highest BCUT2D eigenvalue weighted by Crippen LogP contribution is 2.86. The number of anilines is 4. The molecular weight excluding hydrogens is 482 g/mol. The van der Waals surface area contributed by atoms with Crippen molar-refractivity contribution in [3.8, 4) is 0 Å². The van der Waals surface area contributed by atoms with Gasteiger partial charge in [-0.1, -0.05) is 23.7 Å². The first-order chi connectivity index (χ1) is 17.9. The van der Waals surface area contributed by atoms with Crippen molar-refractivity contribution in [3.63, 3.8) is 0 Å². The van der Waals surface area contributed by atoms with Crippen molar-refractivity contribution in [2.24, 2.45) is 23.2 Å². The Morgan fingerprint density at radius 2 is 1.70 bits per heavy atom. The van der Waals surface area contributed by atoms with Gasteiger partial charge in [0.05, 0.1) is 17.8 Å². The number of pyridine rings is 1. The fraction of sp³-hybridized carbons (Fsp3) is 0.419. The Morgan fingerprint density at radius 3 is 2.38 bits per heavy atom. The normalized spacial score (nSPS) is 30.2. The number of aromatic nitrogens is 1. The second kappa shape index (κ2) is 7.97. The first kappa shape index (κ1) is 23.1. The van der Waals surface area contributed by atoms with E-state index in [0.29, 0.717) is 22.2 Å². The van der Waals surface area contributed by atoms with Gasteiger partial charge in [-0.3, -0.25) is 0 Å². The molecule has 4 saturated carbocycles. The molecule has 0 saturated heterocycles. The predicted molar refractivity (Wildman–Crippen MR) is 147 cm³/mol. The molecule has 3 aromatic rings. The zero-order valence-electron chi connectivity index (χ0n) is 21.6. The van der Waals surface area contributed by atoms with Gasteiger partial charge < -0.3 is 14.5 Å². The largest absolute Gasteiger partial charge is 0.465 e. The lowest BCUT2D eigenvalue weighted by Gasteiger charge is -2.75. The Morgan fingerprint density at radius 1 is 0.973 bits per heavy atom. The van der Waals surface area contributed by atoms with E-state index in [2.05, 4.69) is 47.3 Å². The van der Waals surface area contributed by atoms with E-state index in [1.165, 1.54) is 44.8 Å². The van der Waals surface area contributed by atoms with Gasteiger partial charge in [-0.05, 0) is 103 Å². The Labute approximate surface area is 223 Å². The highest BCUT2D eigenvalue weighted by Gasteiger charge is 2.81. The van der Waals surface area contributed by atoms with Crippen molar-refractivity contribution in [3.05, 3.63) is 76.9 Å². The highest BCUT2D eigenvalue weighted by molar-refractivity contribution is 6.33. The Kier molecular flexibility index (Phi) is 4.98. The zero-order chi connectivity index (χ0) is 25.5. The van der Waals surface area contributed by atoms with E-state index in [4.69, 9.17) is 16.3 Å². The Bertz CT molecular complexity index is 1410. The molecule has 7 rings (SSSR count). The maximum atomic E-state index is 12.3. The fourth-order valence-corrected chi connectivity index (χ4v) is 9.18. The topological polar surface area (TPSA) is 45.7 Å². The summed E-state index contributed by atoms with van der Waals surface area (Å²) in [7, 11) is 5.34. The maximum absolute atomic E-state index is 12.3. The molecule has 5 nitrogen and oxygen atoms in total. The van der Waals surface area contributed by atoms with Crippen LogP contribution in [0.2, 0.25) is 5.02 Å². The minimum absolute atomic E-state index is 0.386. The van der Waals surface area contributed by atoms with Crippen LogP contribution in [0.1, 0.15) is 48.0 Å². The van der Waals surface area contributed by atoms with Gasteiger partial charge in [0.2, 0.25) is 0 Å². The van der Waals surface area contributed by atoms with Crippen LogP contribution in [0.4, 0.5) is 22.9 Å². The van der Waals surface area contributed by atoms with Crippen molar-refractivity contribution in [2.75, 3.05) is 31.0 Å². The summed E-state index contributed by atoms with van der Waals surface area (Å²) in [5, 5.41) is 0.807. The minimum Gasteiger partial charge on any atom is -0.465 e. The lowest BCUT2D eigenvalue weighted by Crippen LogP contribution is -2.70. The molecule has 0 amide bonds. The molecule has 2 bridgehead atoms. The average molecular weight is 514 g/mol. The second-order valence-electron chi connectivity index (χ2n) is 11.6. The second-order valence-corrected chi connectivity index (χ2v) is 12.0. The number of fused-ring (bicyclic) bond motifs is 1. The summed E-state index contributed by atoms with van der Waals surface area (Å²) in [6.45, 7) is 0. The number of benzene rings is 2. The van der Waals surface area contributed by atoms with E-state index < -0.39 is 5.97 Å². The molecule has 4 aliphatic carbocycles. The van der Waals surface area contributed by atoms with E-state index in [9.17, 15) is 4.79 Å². The quantitative estimate of drug-likeness (QED) is 0.328. The number of hydrogen-bond acceptors (Lipinski definition) is 5. The third-order valence-corrected chi connectivity index (χ3v) is 10.7. The monoisotopic (exact) mass is 513 g/mol. The van der Waals surface area contributed by atoms with Crippen LogP contribution in [0.3, 0.4) is 0 Å². The number of esters is 1. The van der Waals surface area contributed by atoms with Gasteiger partial charge in [0, 0.05) is 37.1 Å². The molecule has 2 atom stereocenters. The van der Waals surface area contributed by atoms with Crippen LogP contribution in [0, 0.1) is 23.2 Å². The lowest BCUT2D eigenvalue weighted by atomic mass is 9.29. The van der Waals surface area contributed by atoms with Crippen LogP contribution in [0.25, 0.3) is 0 Å².